The molecule has 3 aromatic rings. The number of halogens is 5. The summed E-state index contributed by atoms with van der Waals surface area (Å²) in [7, 11) is 0. The molecule has 1 N–H and O–H groups in total. The van der Waals surface area contributed by atoms with Gasteiger partial charge in [-0.05, 0) is 48.0 Å². The molecule has 32 heavy (non-hydrogen) atoms. The van der Waals surface area contributed by atoms with E-state index in [1.165, 1.54) is 30.5 Å². The first-order chi connectivity index (χ1) is 15.3. The van der Waals surface area contributed by atoms with E-state index in [-0.39, 0.29) is 33.5 Å². The molecule has 0 bridgehead atoms. The number of carbonyl (C=O) groups excluding carboxylic acids is 1. The van der Waals surface area contributed by atoms with Crippen molar-refractivity contribution >= 4 is 58.5 Å². The number of hydrogen-bond donors (Lipinski definition) is 1. The number of carbonyl (C=O) groups is 1. The second-order valence-corrected chi connectivity index (χ2v) is 8.00. The van der Waals surface area contributed by atoms with E-state index in [9.17, 15) is 9.18 Å². The summed E-state index contributed by atoms with van der Waals surface area (Å²) in [5, 5.41) is 13.9. The summed E-state index contributed by atoms with van der Waals surface area (Å²) in [6, 6.07) is 13.4. The van der Waals surface area contributed by atoms with Crippen LogP contribution in [0.5, 0.6) is 5.75 Å². The van der Waals surface area contributed by atoms with Crippen LogP contribution in [0.15, 0.2) is 53.6 Å². The Hall–Kier alpha value is -2.82. The van der Waals surface area contributed by atoms with Gasteiger partial charge in [-0.15, -0.1) is 0 Å². The highest BCUT2D eigenvalue weighted by molar-refractivity contribution is 6.37. The minimum Gasteiger partial charge on any atom is -0.486 e. The van der Waals surface area contributed by atoms with Gasteiger partial charge < -0.3 is 4.74 Å². The van der Waals surface area contributed by atoms with Gasteiger partial charge in [0.2, 0.25) is 0 Å². The molecule has 0 fully saturated rings. The molecule has 0 heterocycles. The van der Waals surface area contributed by atoms with Crippen LogP contribution >= 0.6 is 46.4 Å². The smallest absolute Gasteiger partial charge is 0.274 e. The van der Waals surface area contributed by atoms with Gasteiger partial charge in [-0.25, -0.2) is 9.82 Å². The lowest BCUT2D eigenvalue weighted by atomic mass is 10.1. The van der Waals surface area contributed by atoms with Crippen molar-refractivity contribution in [2.75, 3.05) is 0 Å². The van der Waals surface area contributed by atoms with E-state index in [4.69, 9.17) is 56.4 Å². The minimum absolute atomic E-state index is 0.104. The second kappa shape index (κ2) is 10.7. The Kier molecular flexibility index (Phi) is 7.94. The molecule has 0 aliphatic carbocycles. The van der Waals surface area contributed by atoms with Crippen LogP contribution in [0.1, 0.15) is 27.0 Å². The maximum absolute atomic E-state index is 13.9. The fraction of sp³-hybridized carbons (Fsp3) is 0.0455. The zero-order chi connectivity index (χ0) is 23.3. The topological polar surface area (TPSA) is 74.5 Å². The predicted octanol–water partition coefficient (Wildman–Crippen LogP) is 6.65. The zero-order valence-electron chi connectivity index (χ0n) is 16.0. The number of rotatable bonds is 6. The van der Waals surface area contributed by atoms with E-state index in [0.717, 1.165) is 6.07 Å². The van der Waals surface area contributed by atoms with Gasteiger partial charge in [-0.3, -0.25) is 4.79 Å². The van der Waals surface area contributed by atoms with Gasteiger partial charge in [0.25, 0.3) is 5.91 Å². The van der Waals surface area contributed by atoms with E-state index in [1.54, 1.807) is 24.3 Å². The normalized spacial score (nSPS) is 10.8. The first-order valence-electron chi connectivity index (χ1n) is 8.87. The van der Waals surface area contributed by atoms with Gasteiger partial charge in [-0.1, -0.05) is 52.5 Å². The van der Waals surface area contributed by atoms with Crippen LogP contribution in [-0.2, 0) is 6.61 Å². The first kappa shape index (κ1) is 23.8. The molecule has 3 aromatic carbocycles. The molecule has 0 aliphatic rings. The highest BCUT2D eigenvalue weighted by Gasteiger charge is 2.13. The highest BCUT2D eigenvalue weighted by Crippen LogP contribution is 2.35. The van der Waals surface area contributed by atoms with Gasteiger partial charge in [-0.2, -0.15) is 10.4 Å². The molecule has 5 nitrogen and oxygen atoms in total. The maximum Gasteiger partial charge on any atom is 0.274 e. The van der Waals surface area contributed by atoms with E-state index in [1.807, 2.05) is 0 Å². The predicted molar refractivity (Wildman–Crippen MR) is 123 cm³/mol. The summed E-state index contributed by atoms with van der Waals surface area (Å²) in [5.74, 6) is -1.36. The molecule has 0 unspecified atom stereocenters. The van der Waals surface area contributed by atoms with Crippen molar-refractivity contribution in [2.24, 2.45) is 5.10 Å². The average Bonchev–Trinajstić information content (AvgIpc) is 2.74. The molecule has 0 radical (unpaired) electrons. The van der Waals surface area contributed by atoms with Crippen molar-refractivity contribution in [3.05, 3.63) is 96.7 Å². The Morgan fingerprint density at radius 1 is 1.06 bits per heavy atom. The summed E-state index contributed by atoms with van der Waals surface area (Å²) in [6.07, 6.45) is 1.29. The Bertz CT molecular complexity index is 1240. The van der Waals surface area contributed by atoms with Crippen LogP contribution in [-0.4, -0.2) is 12.1 Å². The van der Waals surface area contributed by atoms with Gasteiger partial charge in [0.15, 0.2) is 5.75 Å². The zero-order valence-corrected chi connectivity index (χ0v) is 19.0. The molecule has 162 valence electrons. The third-order valence-electron chi connectivity index (χ3n) is 4.13. The molecular formula is C22H12Cl4FN3O2. The summed E-state index contributed by atoms with van der Waals surface area (Å²) >= 11 is 24.5. The van der Waals surface area contributed by atoms with Gasteiger partial charge in [0.05, 0.1) is 33.5 Å². The largest absolute Gasteiger partial charge is 0.486 e. The van der Waals surface area contributed by atoms with Crippen molar-refractivity contribution in [3.8, 4) is 11.8 Å². The summed E-state index contributed by atoms with van der Waals surface area (Å²) < 4.78 is 19.6. The molecule has 0 saturated heterocycles. The van der Waals surface area contributed by atoms with Crippen molar-refractivity contribution < 1.29 is 13.9 Å². The second-order valence-electron chi connectivity index (χ2n) is 6.34. The highest BCUT2D eigenvalue weighted by atomic mass is 35.5. The quantitative estimate of drug-likeness (QED) is 0.298. The van der Waals surface area contributed by atoms with Crippen LogP contribution in [0.25, 0.3) is 0 Å². The molecule has 1 amide bonds. The number of benzene rings is 3. The molecule has 3 rings (SSSR count). The van der Waals surface area contributed by atoms with Gasteiger partial charge in [0.1, 0.15) is 12.4 Å². The molecule has 0 saturated carbocycles. The van der Waals surface area contributed by atoms with Crippen LogP contribution < -0.4 is 10.2 Å². The van der Waals surface area contributed by atoms with E-state index < -0.39 is 11.7 Å². The lowest BCUT2D eigenvalue weighted by Gasteiger charge is -2.12. The summed E-state index contributed by atoms with van der Waals surface area (Å²) in [4.78, 5) is 12.1. The van der Waals surface area contributed by atoms with Crippen molar-refractivity contribution in [1.82, 2.24) is 5.43 Å². The number of amides is 1. The number of hydrogen-bond acceptors (Lipinski definition) is 4. The Balaban J connectivity index is 1.67. The lowest BCUT2D eigenvalue weighted by Crippen LogP contribution is -2.19. The number of nitrogens with one attached hydrogen (secondary N) is 1. The fourth-order valence-electron chi connectivity index (χ4n) is 2.58. The number of hydrazone groups is 1. The van der Waals surface area contributed by atoms with Crippen molar-refractivity contribution in [1.29, 1.82) is 5.26 Å². The molecule has 0 spiro atoms. The number of ether oxygens (including phenoxy) is 1. The Morgan fingerprint density at radius 2 is 1.78 bits per heavy atom. The number of nitrogens with zero attached hydrogens (tertiary/aromatic N) is 2. The van der Waals surface area contributed by atoms with Gasteiger partial charge in [0, 0.05) is 15.6 Å². The fourth-order valence-corrected chi connectivity index (χ4v) is 3.65. The monoisotopic (exact) mass is 509 g/mol. The van der Waals surface area contributed by atoms with Crippen LogP contribution in [0.4, 0.5) is 4.39 Å². The molecule has 0 atom stereocenters. The van der Waals surface area contributed by atoms with Gasteiger partial charge >= 0.3 is 0 Å². The van der Waals surface area contributed by atoms with E-state index in [2.05, 4.69) is 10.5 Å². The minimum atomic E-state index is -0.829. The molecule has 10 heteroatoms. The van der Waals surface area contributed by atoms with Crippen molar-refractivity contribution in [2.45, 2.75) is 6.61 Å². The molecule has 0 aromatic heterocycles. The number of nitriles is 1. The molecular weight excluding hydrogens is 499 g/mol. The Labute approximate surface area is 202 Å². The van der Waals surface area contributed by atoms with Crippen LogP contribution in [0.3, 0.4) is 0 Å². The summed E-state index contributed by atoms with van der Waals surface area (Å²) in [6.45, 7) is 0.120. The SMILES string of the molecule is N#Cc1ccc(C(=O)NN=Cc2cc(Cl)c(OCc3ccc(Cl)cc3Cl)c(Cl)c2)c(F)c1. The third-order valence-corrected chi connectivity index (χ3v) is 5.28. The van der Waals surface area contributed by atoms with Crippen molar-refractivity contribution in [3.63, 3.8) is 0 Å². The Morgan fingerprint density at radius 3 is 2.41 bits per heavy atom. The van der Waals surface area contributed by atoms with Crippen LogP contribution in [0.2, 0.25) is 20.1 Å². The van der Waals surface area contributed by atoms with E-state index in [0.29, 0.717) is 21.2 Å². The first-order valence-corrected chi connectivity index (χ1v) is 10.4. The summed E-state index contributed by atoms with van der Waals surface area (Å²) in [5.41, 5.74) is 3.23. The third kappa shape index (κ3) is 5.90. The molecule has 0 aliphatic heterocycles. The van der Waals surface area contributed by atoms with Crippen LogP contribution in [0, 0.1) is 17.1 Å². The standard InChI is InChI=1S/C22H12Cl4FN3O2/c23-15-3-2-14(17(24)8-15)11-32-21-18(25)5-13(6-19(21)26)10-29-30-22(31)16-4-1-12(9-28)7-20(16)27/h1-8,10H,11H2,(H,30,31). The van der Waals surface area contributed by atoms with E-state index >= 15 is 0 Å². The lowest BCUT2D eigenvalue weighted by molar-refractivity contribution is 0.0951. The maximum atomic E-state index is 13.9. The average molecular weight is 511 g/mol.